The quantitative estimate of drug-likeness (QED) is 0.805. The Hall–Kier alpha value is -1.09. The molecule has 0 saturated carbocycles. The summed E-state index contributed by atoms with van der Waals surface area (Å²) in [4.78, 5) is 2.27. The van der Waals surface area contributed by atoms with Gasteiger partial charge in [-0.1, -0.05) is 12.1 Å². The fourth-order valence-electron chi connectivity index (χ4n) is 1.81. The molecule has 0 spiro atoms. The zero-order valence-corrected chi connectivity index (χ0v) is 10.1. The van der Waals surface area contributed by atoms with Crippen molar-refractivity contribution in [2.24, 2.45) is 5.73 Å². The van der Waals surface area contributed by atoms with Crippen LogP contribution in [0.25, 0.3) is 0 Å². The van der Waals surface area contributed by atoms with Crippen LogP contribution < -0.4 is 10.6 Å². The second kappa shape index (κ2) is 6.48. The first-order valence-corrected chi connectivity index (χ1v) is 5.89. The first-order valence-electron chi connectivity index (χ1n) is 5.89. The summed E-state index contributed by atoms with van der Waals surface area (Å²) >= 11 is 0. The molecule has 0 aliphatic heterocycles. The van der Waals surface area contributed by atoms with E-state index in [-0.39, 0.29) is 12.7 Å². The highest BCUT2D eigenvalue weighted by Crippen LogP contribution is 2.19. The van der Waals surface area contributed by atoms with Crippen molar-refractivity contribution < 1.29 is 4.39 Å². The summed E-state index contributed by atoms with van der Waals surface area (Å²) in [5.41, 5.74) is 8.05. The third-order valence-corrected chi connectivity index (χ3v) is 2.87. The summed E-state index contributed by atoms with van der Waals surface area (Å²) in [5.74, 6) is 0. The van der Waals surface area contributed by atoms with Gasteiger partial charge in [0.05, 0.1) is 6.67 Å². The fourth-order valence-corrected chi connectivity index (χ4v) is 1.81. The van der Waals surface area contributed by atoms with Crippen LogP contribution in [0, 0.1) is 0 Å². The van der Waals surface area contributed by atoms with E-state index in [9.17, 15) is 4.39 Å². The second-order valence-corrected chi connectivity index (χ2v) is 3.85. The maximum Gasteiger partial charge on any atom is 0.0912 e. The van der Waals surface area contributed by atoms with Crippen molar-refractivity contribution in [1.82, 2.24) is 0 Å². The molecule has 0 aliphatic rings. The van der Waals surface area contributed by atoms with Crippen LogP contribution in [-0.4, -0.2) is 19.8 Å². The molecule has 0 aliphatic carbocycles. The van der Waals surface area contributed by atoms with Crippen molar-refractivity contribution in [3.63, 3.8) is 0 Å². The van der Waals surface area contributed by atoms with Crippen molar-refractivity contribution in [1.29, 1.82) is 0 Å². The molecule has 1 atom stereocenters. The Morgan fingerprint density at radius 1 is 1.19 bits per heavy atom. The largest absolute Gasteiger partial charge is 0.372 e. The van der Waals surface area contributed by atoms with E-state index >= 15 is 0 Å². The van der Waals surface area contributed by atoms with Crippen LogP contribution in [0.4, 0.5) is 10.1 Å². The Balaban J connectivity index is 2.74. The van der Waals surface area contributed by atoms with Gasteiger partial charge in [-0.15, -0.1) is 0 Å². The molecule has 3 heteroatoms. The van der Waals surface area contributed by atoms with Gasteiger partial charge < -0.3 is 10.6 Å². The van der Waals surface area contributed by atoms with E-state index in [1.165, 1.54) is 5.69 Å². The number of nitrogens with zero attached hydrogens (tertiary/aromatic N) is 1. The number of alkyl halides is 1. The predicted octanol–water partition coefficient (Wildman–Crippen LogP) is 2.89. The van der Waals surface area contributed by atoms with Crippen LogP contribution >= 0.6 is 0 Å². The van der Waals surface area contributed by atoms with Crippen molar-refractivity contribution in [3.8, 4) is 0 Å². The number of rotatable bonds is 6. The van der Waals surface area contributed by atoms with Crippen LogP contribution in [-0.2, 0) is 0 Å². The fraction of sp³-hybridized carbons (Fsp3) is 0.538. The Morgan fingerprint density at radius 2 is 1.75 bits per heavy atom. The van der Waals surface area contributed by atoms with Crippen LogP contribution in [0.5, 0.6) is 0 Å². The maximum absolute atomic E-state index is 12.2. The van der Waals surface area contributed by atoms with E-state index in [1.54, 1.807) is 0 Å². The molecular weight excluding hydrogens is 203 g/mol. The highest BCUT2D eigenvalue weighted by atomic mass is 19.1. The second-order valence-electron chi connectivity index (χ2n) is 3.85. The van der Waals surface area contributed by atoms with Crippen LogP contribution in [0.1, 0.15) is 31.9 Å². The average Bonchev–Trinajstić information content (AvgIpc) is 2.32. The Morgan fingerprint density at radius 3 is 2.19 bits per heavy atom. The zero-order chi connectivity index (χ0) is 12.0. The Labute approximate surface area is 97.3 Å². The molecule has 0 saturated heterocycles. The Kier molecular flexibility index (Phi) is 5.26. The first kappa shape index (κ1) is 13.0. The minimum Gasteiger partial charge on any atom is -0.372 e. The van der Waals surface area contributed by atoms with E-state index < -0.39 is 0 Å². The Bertz CT molecular complexity index is 293. The summed E-state index contributed by atoms with van der Waals surface area (Å²) in [6.45, 7) is 5.89. The SMILES string of the molecule is CCN(CC)c1ccc([C@@H](N)CCF)cc1. The number of hydrogen-bond donors (Lipinski definition) is 1. The van der Waals surface area contributed by atoms with Gasteiger partial charge in [-0.2, -0.15) is 0 Å². The number of halogens is 1. The van der Waals surface area contributed by atoms with Gasteiger partial charge in [0.25, 0.3) is 0 Å². The maximum atomic E-state index is 12.2. The molecule has 1 aromatic rings. The summed E-state index contributed by atoms with van der Waals surface area (Å²) in [6, 6.07) is 7.92. The zero-order valence-electron chi connectivity index (χ0n) is 10.1. The van der Waals surface area contributed by atoms with Crippen molar-refractivity contribution in [3.05, 3.63) is 29.8 Å². The molecule has 0 fully saturated rings. The lowest BCUT2D eigenvalue weighted by molar-refractivity contribution is 0.442. The molecule has 16 heavy (non-hydrogen) atoms. The number of nitrogens with two attached hydrogens (primary N) is 1. The van der Waals surface area contributed by atoms with E-state index in [4.69, 9.17) is 5.73 Å². The van der Waals surface area contributed by atoms with E-state index in [0.29, 0.717) is 6.42 Å². The van der Waals surface area contributed by atoms with Gasteiger partial charge in [0, 0.05) is 24.8 Å². The minimum absolute atomic E-state index is 0.184. The normalized spacial score (nSPS) is 12.5. The lowest BCUT2D eigenvalue weighted by Gasteiger charge is -2.21. The van der Waals surface area contributed by atoms with Gasteiger partial charge in [0.15, 0.2) is 0 Å². The number of hydrogen-bond acceptors (Lipinski definition) is 2. The summed E-state index contributed by atoms with van der Waals surface area (Å²) < 4.78 is 12.2. The molecule has 0 amide bonds. The molecular formula is C13H21FN2. The summed E-state index contributed by atoms with van der Waals surface area (Å²) in [5, 5.41) is 0. The summed E-state index contributed by atoms with van der Waals surface area (Å²) in [7, 11) is 0. The highest BCUT2D eigenvalue weighted by molar-refractivity contribution is 5.47. The topological polar surface area (TPSA) is 29.3 Å². The van der Waals surface area contributed by atoms with Gasteiger partial charge in [-0.3, -0.25) is 4.39 Å². The smallest absolute Gasteiger partial charge is 0.0912 e. The lowest BCUT2D eigenvalue weighted by atomic mass is 10.0. The lowest BCUT2D eigenvalue weighted by Crippen LogP contribution is -2.21. The van der Waals surface area contributed by atoms with E-state index in [2.05, 4.69) is 30.9 Å². The molecule has 0 bridgehead atoms. The van der Waals surface area contributed by atoms with Gasteiger partial charge >= 0.3 is 0 Å². The monoisotopic (exact) mass is 224 g/mol. The van der Waals surface area contributed by atoms with Gasteiger partial charge in [-0.05, 0) is 38.0 Å². The molecule has 1 rings (SSSR count). The third-order valence-electron chi connectivity index (χ3n) is 2.87. The molecule has 1 aromatic carbocycles. The molecule has 2 nitrogen and oxygen atoms in total. The average molecular weight is 224 g/mol. The molecule has 0 unspecified atom stereocenters. The standard InChI is InChI=1S/C13H21FN2/c1-3-16(4-2)12-7-5-11(6-8-12)13(15)9-10-14/h5-8,13H,3-4,9-10,15H2,1-2H3/t13-/m0/s1. The van der Waals surface area contributed by atoms with Crippen molar-refractivity contribution in [2.45, 2.75) is 26.3 Å². The summed E-state index contributed by atoms with van der Waals surface area (Å²) in [6.07, 6.45) is 0.393. The first-order chi connectivity index (χ1) is 7.72. The third kappa shape index (κ3) is 3.20. The van der Waals surface area contributed by atoms with Crippen molar-refractivity contribution >= 4 is 5.69 Å². The van der Waals surface area contributed by atoms with Crippen LogP contribution in [0.2, 0.25) is 0 Å². The van der Waals surface area contributed by atoms with Gasteiger partial charge in [0.1, 0.15) is 0 Å². The van der Waals surface area contributed by atoms with Crippen LogP contribution in [0.15, 0.2) is 24.3 Å². The minimum atomic E-state index is -0.362. The van der Waals surface area contributed by atoms with E-state index in [0.717, 1.165) is 18.7 Å². The molecule has 90 valence electrons. The number of anilines is 1. The number of benzene rings is 1. The van der Waals surface area contributed by atoms with Gasteiger partial charge in [0.2, 0.25) is 0 Å². The molecule has 2 N–H and O–H groups in total. The van der Waals surface area contributed by atoms with Crippen LogP contribution in [0.3, 0.4) is 0 Å². The van der Waals surface area contributed by atoms with Gasteiger partial charge in [-0.25, -0.2) is 0 Å². The predicted molar refractivity (Wildman–Crippen MR) is 67.5 cm³/mol. The molecule has 0 radical (unpaired) electrons. The molecule has 0 aromatic heterocycles. The van der Waals surface area contributed by atoms with Crippen molar-refractivity contribution in [2.75, 3.05) is 24.7 Å². The van der Waals surface area contributed by atoms with E-state index in [1.807, 2.05) is 12.1 Å². The molecule has 0 heterocycles. The highest BCUT2D eigenvalue weighted by Gasteiger charge is 2.06.